The van der Waals surface area contributed by atoms with Gasteiger partial charge in [0.25, 0.3) is 5.56 Å². The van der Waals surface area contributed by atoms with E-state index in [1.807, 2.05) is 6.92 Å². The van der Waals surface area contributed by atoms with E-state index in [4.69, 9.17) is 16.0 Å². The fourth-order valence-corrected chi connectivity index (χ4v) is 3.88. The highest BCUT2D eigenvalue weighted by Crippen LogP contribution is 2.36. The van der Waals surface area contributed by atoms with Gasteiger partial charge >= 0.3 is 0 Å². The number of hydrogen-bond acceptors (Lipinski definition) is 5. The molecule has 0 aliphatic heterocycles. The topological polar surface area (TPSA) is 74.8 Å². The van der Waals surface area contributed by atoms with Gasteiger partial charge in [0.1, 0.15) is 17.0 Å². The molecule has 0 aliphatic rings. The fourth-order valence-electron chi connectivity index (χ4n) is 2.60. The van der Waals surface area contributed by atoms with E-state index >= 15 is 0 Å². The molecule has 0 N–H and O–H groups in total. The maximum Gasteiger partial charge on any atom is 0.261 e. The molecule has 3 rings (SSSR count). The van der Waals surface area contributed by atoms with E-state index in [2.05, 4.69) is 48.8 Å². The Balaban J connectivity index is 1.98. The molecule has 3 aromatic rings. The molecule has 0 radical (unpaired) electrons. The molecule has 150 valence electrons. The van der Waals surface area contributed by atoms with Gasteiger partial charge in [0.05, 0.1) is 24.4 Å². The molecule has 0 aromatic carbocycles. The first-order valence-electron chi connectivity index (χ1n) is 9.21. The minimum Gasteiger partial charge on any atom is -0.415 e. The molecule has 0 aliphatic carbocycles. The molecule has 0 fully saturated rings. The first-order valence-corrected chi connectivity index (χ1v) is 12.5. The van der Waals surface area contributed by atoms with Crippen molar-refractivity contribution in [3.05, 3.63) is 46.6 Å². The average molecular weight is 420 g/mol. The Bertz CT molecular complexity index is 1040. The van der Waals surface area contributed by atoms with Crippen molar-refractivity contribution in [1.29, 1.82) is 0 Å². The summed E-state index contributed by atoms with van der Waals surface area (Å²) >= 11 is 6.18. The number of nitrogens with zero attached hydrogens (tertiary/aromatic N) is 5. The van der Waals surface area contributed by atoms with Crippen LogP contribution in [0, 0.1) is 0 Å². The Morgan fingerprint density at radius 2 is 2.00 bits per heavy atom. The first kappa shape index (κ1) is 20.7. The highest BCUT2D eigenvalue weighted by Gasteiger charge is 2.37. The predicted octanol–water partition coefficient (Wildman–Crippen LogP) is 4.21. The Hall–Kier alpha value is -2.03. The number of hydrogen-bond donors (Lipinski definition) is 0. The van der Waals surface area contributed by atoms with Crippen LogP contribution in [0.1, 0.15) is 33.7 Å². The van der Waals surface area contributed by atoms with Crippen molar-refractivity contribution in [1.82, 2.24) is 24.1 Å². The smallest absolute Gasteiger partial charge is 0.261 e. The standard InChI is InChI=1S/C19H26ClN5O2Si/c1-13(10-27-28(5,6)19(2,3)4)25-12-22-16-14(18(25)26)9-15(20)23-17(16)24-8-7-21-11-24/h7-9,11-13H,10H2,1-6H3. The molecule has 3 aromatic heterocycles. The van der Waals surface area contributed by atoms with Gasteiger partial charge in [0.2, 0.25) is 0 Å². The zero-order valence-corrected chi connectivity index (χ0v) is 18.9. The van der Waals surface area contributed by atoms with Gasteiger partial charge in [0.15, 0.2) is 14.1 Å². The monoisotopic (exact) mass is 419 g/mol. The molecule has 0 bridgehead atoms. The summed E-state index contributed by atoms with van der Waals surface area (Å²) < 4.78 is 9.57. The lowest BCUT2D eigenvalue weighted by Crippen LogP contribution is -2.42. The van der Waals surface area contributed by atoms with Crippen molar-refractivity contribution in [2.24, 2.45) is 0 Å². The summed E-state index contributed by atoms with van der Waals surface area (Å²) in [6.07, 6.45) is 6.53. The second-order valence-electron chi connectivity index (χ2n) is 8.51. The minimum atomic E-state index is -1.90. The van der Waals surface area contributed by atoms with Crippen LogP contribution >= 0.6 is 11.6 Å². The van der Waals surface area contributed by atoms with E-state index in [-0.39, 0.29) is 21.8 Å². The molecule has 3 heterocycles. The summed E-state index contributed by atoms with van der Waals surface area (Å²) in [6.45, 7) is 13.4. The Morgan fingerprint density at radius 1 is 1.29 bits per heavy atom. The number of imidazole rings is 1. The van der Waals surface area contributed by atoms with E-state index < -0.39 is 8.32 Å². The molecule has 0 amide bonds. The summed E-state index contributed by atoms with van der Waals surface area (Å²) in [5.74, 6) is 0.481. The second kappa shape index (κ2) is 7.42. The number of fused-ring (bicyclic) bond motifs is 1. The van der Waals surface area contributed by atoms with Crippen LogP contribution in [0.15, 0.2) is 35.9 Å². The van der Waals surface area contributed by atoms with Crippen LogP contribution in [0.4, 0.5) is 0 Å². The van der Waals surface area contributed by atoms with Crippen LogP contribution in [0.5, 0.6) is 0 Å². The van der Waals surface area contributed by atoms with E-state index in [0.717, 1.165) is 0 Å². The summed E-state index contributed by atoms with van der Waals surface area (Å²) in [5, 5.41) is 0.765. The van der Waals surface area contributed by atoms with E-state index in [1.165, 1.54) is 0 Å². The van der Waals surface area contributed by atoms with Gasteiger partial charge in [0, 0.05) is 12.4 Å². The summed E-state index contributed by atoms with van der Waals surface area (Å²) in [5.41, 5.74) is 0.322. The Labute approximate surface area is 170 Å². The molecule has 28 heavy (non-hydrogen) atoms. The largest absolute Gasteiger partial charge is 0.415 e. The van der Waals surface area contributed by atoms with E-state index in [1.54, 1.807) is 40.2 Å². The maximum absolute atomic E-state index is 13.1. The van der Waals surface area contributed by atoms with Gasteiger partial charge in [-0.15, -0.1) is 0 Å². The number of halogens is 1. The van der Waals surface area contributed by atoms with Crippen molar-refractivity contribution >= 4 is 30.8 Å². The van der Waals surface area contributed by atoms with Gasteiger partial charge in [-0.3, -0.25) is 13.9 Å². The normalized spacial score (nSPS) is 13.8. The van der Waals surface area contributed by atoms with E-state index in [9.17, 15) is 4.79 Å². The fraction of sp³-hybridized carbons (Fsp3) is 0.474. The molecule has 7 nitrogen and oxygen atoms in total. The van der Waals surface area contributed by atoms with Crippen molar-refractivity contribution in [3.8, 4) is 5.82 Å². The summed E-state index contributed by atoms with van der Waals surface area (Å²) in [4.78, 5) is 26.0. The molecule has 0 saturated heterocycles. The average Bonchev–Trinajstić information content (AvgIpc) is 3.13. The second-order valence-corrected chi connectivity index (χ2v) is 13.7. The van der Waals surface area contributed by atoms with Crippen LogP contribution in [-0.4, -0.2) is 39.0 Å². The van der Waals surface area contributed by atoms with Gasteiger partial charge < -0.3 is 4.43 Å². The minimum absolute atomic E-state index is 0.109. The third-order valence-corrected chi connectivity index (χ3v) is 10.1. The lowest BCUT2D eigenvalue weighted by atomic mass is 10.2. The molecule has 0 spiro atoms. The lowest BCUT2D eigenvalue weighted by Gasteiger charge is -2.37. The maximum atomic E-state index is 13.1. The zero-order chi connectivity index (χ0) is 20.7. The molecule has 0 saturated carbocycles. The highest BCUT2D eigenvalue weighted by atomic mass is 35.5. The van der Waals surface area contributed by atoms with Gasteiger partial charge in [-0.1, -0.05) is 32.4 Å². The van der Waals surface area contributed by atoms with Gasteiger partial charge in [-0.25, -0.2) is 15.0 Å². The van der Waals surface area contributed by atoms with Crippen LogP contribution in [0.2, 0.25) is 23.3 Å². The third kappa shape index (κ3) is 3.90. The first-order chi connectivity index (χ1) is 13.0. The van der Waals surface area contributed by atoms with Gasteiger partial charge in [-0.2, -0.15) is 0 Å². The van der Waals surface area contributed by atoms with E-state index in [0.29, 0.717) is 23.3 Å². The van der Waals surface area contributed by atoms with Crippen LogP contribution in [0.25, 0.3) is 16.7 Å². The van der Waals surface area contributed by atoms with Crippen molar-refractivity contribution in [2.75, 3.05) is 6.61 Å². The van der Waals surface area contributed by atoms with Crippen molar-refractivity contribution < 1.29 is 4.43 Å². The molecule has 9 heteroatoms. The quantitative estimate of drug-likeness (QED) is 0.457. The molecule has 1 atom stereocenters. The summed E-state index contributed by atoms with van der Waals surface area (Å²) in [7, 11) is -1.90. The number of aromatic nitrogens is 5. The molecule has 1 unspecified atom stereocenters. The summed E-state index contributed by atoms with van der Waals surface area (Å²) in [6, 6.07) is 1.41. The molecular formula is C19H26ClN5O2Si. The van der Waals surface area contributed by atoms with Crippen molar-refractivity contribution in [3.63, 3.8) is 0 Å². The predicted molar refractivity (Wildman–Crippen MR) is 114 cm³/mol. The van der Waals surface area contributed by atoms with Gasteiger partial charge in [-0.05, 0) is 31.1 Å². The highest BCUT2D eigenvalue weighted by molar-refractivity contribution is 6.74. The SMILES string of the molecule is CC(CO[Si](C)(C)C(C)(C)C)n1cnc2c(-n3ccnc3)nc(Cl)cc2c1=O. The lowest BCUT2D eigenvalue weighted by molar-refractivity contribution is 0.236. The van der Waals surface area contributed by atoms with Crippen LogP contribution < -0.4 is 5.56 Å². The van der Waals surface area contributed by atoms with Crippen LogP contribution in [-0.2, 0) is 4.43 Å². The Kier molecular flexibility index (Phi) is 5.48. The number of rotatable bonds is 5. The molecular weight excluding hydrogens is 394 g/mol. The Morgan fingerprint density at radius 3 is 2.61 bits per heavy atom. The van der Waals surface area contributed by atoms with Crippen LogP contribution in [0.3, 0.4) is 0 Å². The zero-order valence-electron chi connectivity index (χ0n) is 17.1. The van der Waals surface area contributed by atoms with Crippen molar-refractivity contribution in [2.45, 2.75) is 51.9 Å². The third-order valence-electron chi connectivity index (χ3n) is 5.43. The number of pyridine rings is 1.